The lowest BCUT2D eigenvalue weighted by molar-refractivity contribution is -0.132. The molecule has 0 saturated carbocycles. The Kier molecular flexibility index (Phi) is 6.62. The Morgan fingerprint density at radius 1 is 1.10 bits per heavy atom. The third-order valence-electron chi connectivity index (χ3n) is 6.45. The molecule has 1 aromatic heterocycles. The minimum absolute atomic E-state index is 0.0541. The molecular weight excluding hydrogens is 540 g/mol. The van der Waals surface area contributed by atoms with Crippen LogP contribution in [0.2, 0.25) is 5.02 Å². The Balaban J connectivity index is 1.52. The molecule has 10 heteroatoms. The number of anilines is 1. The molecule has 0 aliphatic carbocycles. The first-order chi connectivity index (χ1) is 18.9. The largest absolute Gasteiger partial charge is 0.507 e. The molecular formula is C29H23ClN2O6S. The zero-order chi connectivity index (χ0) is 27.1. The highest BCUT2D eigenvalue weighted by Gasteiger charge is 2.48. The summed E-state index contributed by atoms with van der Waals surface area (Å²) < 4.78 is 17.9. The summed E-state index contributed by atoms with van der Waals surface area (Å²) in [5.74, 6) is -0.330. The number of aliphatic hydroxyl groups excluding tert-OH is 1. The number of thiazole rings is 1. The zero-order valence-corrected chi connectivity index (χ0v) is 22.4. The van der Waals surface area contributed by atoms with Crippen LogP contribution in [0.25, 0.3) is 16.0 Å². The molecule has 1 saturated heterocycles. The van der Waals surface area contributed by atoms with Crippen molar-refractivity contribution in [2.75, 3.05) is 24.7 Å². The monoisotopic (exact) mass is 562 g/mol. The summed E-state index contributed by atoms with van der Waals surface area (Å²) >= 11 is 7.42. The fourth-order valence-electron chi connectivity index (χ4n) is 4.68. The molecule has 1 amide bonds. The van der Waals surface area contributed by atoms with Gasteiger partial charge in [0.15, 0.2) is 16.6 Å². The second-order valence-corrected chi connectivity index (χ2v) is 10.5. The second kappa shape index (κ2) is 10.2. The van der Waals surface area contributed by atoms with Crippen LogP contribution in [0, 0.1) is 0 Å². The van der Waals surface area contributed by atoms with Gasteiger partial charge in [-0.2, -0.15) is 0 Å². The predicted molar refractivity (Wildman–Crippen MR) is 149 cm³/mol. The number of fused-ring (bicyclic) bond motifs is 2. The molecule has 1 unspecified atom stereocenters. The molecule has 0 spiro atoms. The van der Waals surface area contributed by atoms with Gasteiger partial charge in [0.25, 0.3) is 5.78 Å². The van der Waals surface area contributed by atoms with Crippen LogP contribution in [0.15, 0.2) is 66.2 Å². The molecule has 1 fully saturated rings. The number of aromatic nitrogens is 1. The Bertz CT molecular complexity index is 1650. The van der Waals surface area contributed by atoms with Crippen molar-refractivity contribution in [1.82, 2.24) is 4.98 Å². The number of aliphatic hydroxyl groups is 1. The normalized spacial score (nSPS) is 18.1. The lowest BCUT2D eigenvalue weighted by atomic mass is 9.95. The molecule has 1 N–H and O–H groups in total. The first-order valence-corrected chi connectivity index (χ1v) is 13.6. The third-order valence-corrected chi connectivity index (χ3v) is 7.70. The molecule has 198 valence electrons. The quantitative estimate of drug-likeness (QED) is 0.171. The van der Waals surface area contributed by atoms with E-state index in [1.54, 1.807) is 54.6 Å². The smallest absolute Gasteiger partial charge is 0.301 e. The summed E-state index contributed by atoms with van der Waals surface area (Å²) in [6.45, 7) is 3.31. The SMILES string of the molecule is CCCOc1cccc(C2C(=C(O)c3ccc4c(c3)OCCO4)C(=O)C(=O)N2c2nc3ccc(Cl)cc3s2)c1. The van der Waals surface area contributed by atoms with Gasteiger partial charge in [-0.3, -0.25) is 14.5 Å². The highest BCUT2D eigenvalue weighted by molar-refractivity contribution is 7.22. The van der Waals surface area contributed by atoms with Crippen LogP contribution >= 0.6 is 22.9 Å². The average Bonchev–Trinajstić information content (AvgIpc) is 3.48. The number of benzene rings is 3. The van der Waals surface area contributed by atoms with Crippen LogP contribution in [0.1, 0.15) is 30.5 Å². The number of rotatable bonds is 6. The lowest BCUT2D eigenvalue weighted by Crippen LogP contribution is -2.29. The maximum absolute atomic E-state index is 13.6. The van der Waals surface area contributed by atoms with Gasteiger partial charge in [0.1, 0.15) is 24.7 Å². The maximum Gasteiger partial charge on any atom is 0.301 e. The summed E-state index contributed by atoms with van der Waals surface area (Å²) in [5.41, 5.74) is 1.52. The topological polar surface area (TPSA) is 98.2 Å². The Hall–Kier alpha value is -4.08. The minimum atomic E-state index is -0.945. The van der Waals surface area contributed by atoms with E-state index in [0.717, 1.165) is 11.1 Å². The molecule has 3 heterocycles. The number of carbonyl (C=O) groups is 2. The fraction of sp³-hybridized carbons (Fsp3) is 0.207. The van der Waals surface area contributed by atoms with Crippen molar-refractivity contribution < 1.29 is 28.9 Å². The summed E-state index contributed by atoms with van der Waals surface area (Å²) in [6.07, 6.45) is 0.821. The van der Waals surface area contributed by atoms with E-state index in [4.69, 9.17) is 25.8 Å². The number of halogens is 1. The summed E-state index contributed by atoms with van der Waals surface area (Å²) in [7, 11) is 0. The number of carbonyl (C=O) groups excluding carboxylic acids is 2. The van der Waals surface area contributed by atoms with E-state index in [1.165, 1.54) is 16.2 Å². The lowest BCUT2D eigenvalue weighted by Gasteiger charge is -2.23. The fourth-order valence-corrected chi connectivity index (χ4v) is 5.94. The molecule has 2 aliphatic rings. The number of ether oxygens (including phenoxy) is 3. The van der Waals surface area contributed by atoms with Crippen molar-refractivity contribution in [3.8, 4) is 17.2 Å². The van der Waals surface area contributed by atoms with Crippen molar-refractivity contribution in [2.45, 2.75) is 19.4 Å². The molecule has 0 radical (unpaired) electrons. The Labute approximate surface area is 233 Å². The van der Waals surface area contributed by atoms with E-state index in [-0.39, 0.29) is 11.3 Å². The van der Waals surface area contributed by atoms with Crippen LogP contribution in [-0.2, 0) is 9.59 Å². The van der Waals surface area contributed by atoms with Crippen molar-refractivity contribution in [1.29, 1.82) is 0 Å². The van der Waals surface area contributed by atoms with Gasteiger partial charge in [-0.1, -0.05) is 42.0 Å². The number of hydrogen-bond donors (Lipinski definition) is 1. The second-order valence-electron chi connectivity index (χ2n) is 9.06. The van der Waals surface area contributed by atoms with Gasteiger partial charge < -0.3 is 19.3 Å². The summed E-state index contributed by atoms with van der Waals surface area (Å²) in [6, 6.07) is 16.4. The number of ketones is 1. The molecule has 2 aliphatic heterocycles. The van der Waals surface area contributed by atoms with Crippen LogP contribution < -0.4 is 19.1 Å². The van der Waals surface area contributed by atoms with Gasteiger partial charge in [0.05, 0.1) is 28.4 Å². The van der Waals surface area contributed by atoms with E-state index in [1.807, 2.05) is 13.0 Å². The molecule has 1 atom stereocenters. The van der Waals surface area contributed by atoms with Crippen LogP contribution in [0.5, 0.6) is 17.2 Å². The van der Waals surface area contributed by atoms with Crippen molar-refractivity contribution in [2.24, 2.45) is 0 Å². The van der Waals surface area contributed by atoms with E-state index in [9.17, 15) is 14.7 Å². The van der Waals surface area contributed by atoms with Crippen LogP contribution in [0.4, 0.5) is 5.13 Å². The van der Waals surface area contributed by atoms with Crippen LogP contribution in [-0.4, -0.2) is 41.6 Å². The number of hydrogen-bond acceptors (Lipinski definition) is 8. The maximum atomic E-state index is 13.6. The average molecular weight is 563 g/mol. The summed E-state index contributed by atoms with van der Waals surface area (Å²) in [4.78, 5) is 33.1. The molecule has 3 aromatic carbocycles. The van der Waals surface area contributed by atoms with Gasteiger partial charge in [-0.15, -0.1) is 0 Å². The first kappa shape index (κ1) is 25.2. The van der Waals surface area contributed by atoms with Gasteiger partial charge in [0, 0.05) is 10.6 Å². The molecule has 6 rings (SSSR count). The number of nitrogens with zero attached hydrogens (tertiary/aromatic N) is 2. The molecule has 0 bridgehead atoms. The van der Waals surface area contributed by atoms with Crippen LogP contribution in [0.3, 0.4) is 0 Å². The molecule has 4 aromatic rings. The first-order valence-electron chi connectivity index (χ1n) is 12.4. The van der Waals surface area contributed by atoms with Crippen molar-refractivity contribution >= 4 is 55.7 Å². The standard InChI is InChI=1S/C29H23ClN2O6S/c1-2-10-36-19-5-3-4-16(13-19)25-24(26(33)17-6-9-21-22(14-17)38-12-11-37-21)27(34)28(35)32(25)29-31-20-8-7-18(30)15-23(20)39-29/h3-9,13-15,25,33H,2,10-12H2,1H3. The Morgan fingerprint density at radius 2 is 1.92 bits per heavy atom. The third kappa shape index (κ3) is 4.57. The van der Waals surface area contributed by atoms with Gasteiger partial charge in [-0.05, 0) is 60.5 Å². The van der Waals surface area contributed by atoms with Gasteiger partial charge in [-0.25, -0.2) is 4.98 Å². The summed E-state index contributed by atoms with van der Waals surface area (Å²) in [5, 5.41) is 12.4. The molecule has 8 nitrogen and oxygen atoms in total. The van der Waals surface area contributed by atoms with E-state index >= 15 is 0 Å². The minimum Gasteiger partial charge on any atom is -0.507 e. The van der Waals surface area contributed by atoms with Gasteiger partial charge >= 0.3 is 5.91 Å². The Morgan fingerprint density at radius 3 is 2.74 bits per heavy atom. The number of amides is 1. The van der Waals surface area contributed by atoms with Gasteiger partial charge in [0.2, 0.25) is 0 Å². The van der Waals surface area contributed by atoms with Crippen molar-refractivity contribution in [3.05, 3.63) is 82.4 Å². The van der Waals surface area contributed by atoms with Crippen molar-refractivity contribution in [3.63, 3.8) is 0 Å². The van der Waals surface area contributed by atoms with E-state index in [0.29, 0.717) is 63.9 Å². The van der Waals surface area contributed by atoms with E-state index in [2.05, 4.69) is 4.98 Å². The molecule has 39 heavy (non-hydrogen) atoms. The van der Waals surface area contributed by atoms with E-state index < -0.39 is 17.7 Å². The zero-order valence-electron chi connectivity index (χ0n) is 20.8. The predicted octanol–water partition coefficient (Wildman–Crippen LogP) is 6.14. The highest BCUT2D eigenvalue weighted by Crippen LogP contribution is 2.45. The number of Topliss-reactive ketones (excluding diaryl/α,β-unsaturated/α-hetero) is 1. The highest BCUT2D eigenvalue weighted by atomic mass is 35.5.